The molecule has 0 bridgehead atoms. The van der Waals surface area contributed by atoms with E-state index in [-0.39, 0.29) is 11.6 Å². The first kappa shape index (κ1) is 14.2. The average molecular weight is 264 g/mol. The van der Waals surface area contributed by atoms with Gasteiger partial charge in [0.05, 0.1) is 5.56 Å². The Morgan fingerprint density at radius 1 is 1.47 bits per heavy atom. The summed E-state index contributed by atoms with van der Waals surface area (Å²) in [5, 5.41) is 3.56. The van der Waals surface area contributed by atoms with Crippen LogP contribution in [0.25, 0.3) is 0 Å². The van der Waals surface area contributed by atoms with Gasteiger partial charge in [0.15, 0.2) is 0 Å². The molecule has 1 aliphatic heterocycles. The lowest BCUT2D eigenvalue weighted by Crippen LogP contribution is -2.45. The lowest BCUT2D eigenvalue weighted by atomic mass is 10.0. The van der Waals surface area contributed by atoms with Gasteiger partial charge in [0.1, 0.15) is 5.82 Å². The Morgan fingerprint density at radius 3 is 2.84 bits per heavy atom. The van der Waals surface area contributed by atoms with Crippen LogP contribution in [-0.2, 0) is 0 Å². The summed E-state index contributed by atoms with van der Waals surface area (Å²) in [5.74, 6) is 0.677. The molecule has 19 heavy (non-hydrogen) atoms. The lowest BCUT2D eigenvalue weighted by Gasteiger charge is -2.32. The average Bonchev–Trinajstić information content (AvgIpc) is 2.27. The number of H-pyrrole nitrogens is 1. The summed E-state index contributed by atoms with van der Waals surface area (Å²) in [7, 11) is 2.14. The highest BCUT2D eigenvalue weighted by atomic mass is 16.1. The molecule has 1 aromatic heterocycles. The third-order valence-corrected chi connectivity index (χ3v) is 3.81. The molecule has 0 aliphatic carbocycles. The fourth-order valence-corrected chi connectivity index (χ4v) is 2.98. The van der Waals surface area contributed by atoms with Crippen molar-refractivity contribution in [2.45, 2.75) is 45.7 Å². The van der Waals surface area contributed by atoms with Crippen molar-refractivity contribution in [2.24, 2.45) is 0 Å². The highest BCUT2D eigenvalue weighted by Gasteiger charge is 2.21. The Bertz CT molecular complexity index is 497. The fraction of sp³-hybridized carbons (Fsp3) is 0.714. The van der Waals surface area contributed by atoms with Crippen molar-refractivity contribution in [2.75, 3.05) is 20.1 Å². The van der Waals surface area contributed by atoms with Gasteiger partial charge >= 0.3 is 0 Å². The third kappa shape index (κ3) is 3.42. The number of aryl methyl sites for hydroxylation is 2. The zero-order valence-corrected chi connectivity index (χ0v) is 12.3. The molecule has 0 aromatic carbocycles. The fourth-order valence-electron chi connectivity index (χ4n) is 2.98. The number of rotatable bonds is 3. The van der Waals surface area contributed by atoms with Crippen LogP contribution in [0.4, 0.5) is 0 Å². The zero-order valence-electron chi connectivity index (χ0n) is 12.3. The van der Waals surface area contributed by atoms with E-state index in [2.05, 4.69) is 27.2 Å². The minimum Gasteiger partial charge on any atom is -0.310 e. The molecule has 1 aliphatic rings. The first-order valence-corrected chi connectivity index (χ1v) is 6.99. The number of piperidine rings is 1. The molecule has 2 atom stereocenters. The summed E-state index contributed by atoms with van der Waals surface area (Å²) in [6.07, 6.45) is 2.38. The molecule has 0 radical (unpaired) electrons. The van der Waals surface area contributed by atoms with Crippen LogP contribution in [0.3, 0.4) is 0 Å². The molecule has 0 spiro atoms. The van der Waals surface area contributed by atoms with Crippen molar-refractivity contribution in [1.29, 1.82) is 0 Å². The van der Waals surface area contributed by atoms with Crippen LogP contribution in [-0.4, -0.2) is 41.0 Å². The first-order chi connectivity index (χ1) is 8.97. The quantitative estimate of drug-likeness (QED) is 0.859. The highest BCUT2D eigenvalue weighted by Crippen LogP contribution is 2.15. The second-order valence-corrected chi connectivity index (χ2v) is 5.64. The van der Waals surface area contributed by atoms with Crippen LogP contribution >= 0.6 is 0 Å². The van der Waals surface area contributed by atoms with E-state index in [1.165, 1.54) is 12.8 Å². The number of aromatic amines is 1. The van der Waals surface area contributed by atoms with Gasteiger partial charge in [-0.15, -0.1) is 0 Å². The van der Waals surface area contributed by atoms with E-state index in [1.807, 2.05) is 20.8 Å². The second kappa shape index (κ2) is 5.84. The molecule has 1 aromatic rings. The van der Waals surface area contributed by atoms with E-state index in [1.54, 1.807) is 0 Å². The Labute approximate surface area is 114 Å². The molecule has 106 valence electrons. The standard InChI is InChI=1S/C14H24N4O/c1-9-13(14(19)17-11(3)15-9)10(2)16-12-6-5-7-18(4)8-12/h10,12,16H,5-8H2,1-4H3,(H,15,17,19). The maximum atomic E-state index is 12.1. The zero-order chi connectivity index (χ0) is 14.0. The number of nitrogens with zero attached hydrogens (tertiary/aromatic N) is 2. The molecule has 5 nitrogen and oxygen atoms in total. The lowest BCUT2D eigenvalue weighted by molar-refractivity contribution is 0.218. The smallest absolute Gasteiger partial charge is 0.255 e. The van der Waals surface area contributed by atoms with Crippen LogP contribution < -0.4 is 10.9 Å². The van der Waals surface area contributed by atoms with Crippen molar-refractivity contribution >= 4 is 0 Å². The Morgan fingerprint density at radius 2 is 2.21 bits per heavy atom. The maximum Gasteiger partial charge on any atom is 0.255 e. The molecular weight excluding hydrogens is 240 g/mol. The van der Waals surface area contributed by atoms with Crippen molar-refractivity contribution in [3.8, 4) is 0 Å². The number of likely N-dealkylation sites (N-methyl/N-ethyl adjacent to an activating group) is 1. The summed E-state index contributed by atoms with van der Waals surface area (Å²) in [6.45, 7) is 7.97. The predicted molar refractivity (Wildman–Crippen MR) is 76.4 cm³/mol. The normalized spacial score (nSPS) is 22.4. The molecule has 2 unspecified atom stereocenters. The first-order valence-electron chi connectivity index (χ1n) is 6.99. The topological polar surface area (TPSA) is 61.0 Å². The van der Waals surface area contributed by atoms with Crippen LogP contribution in [0.1, 0.15) is 42.9 Å². The van der Waals surface area contributed by atoms with Crippen molar-refractivity contribution in [3.05, 3.63) is 27.4 Å². The summed E-state index contributed by atoms with van der Waals surface area (Å²) >= 11 is 0. The number of hydrogen-bond acceptors (Lipinski definition) is 4. The Hall–Kier alpha value is -1.20. The summed E-state index contributed by atoms with van der Waals surface area (Å²) in [5.41, 5.74) is 1.57. The van der Waals surface area contributed by atoms with Crippen LogP contribution in [0.15, 0.2) is 4.79 Å². The van der Waals surface area contributed by atoms with Gasteiger partial charge in [0.2, 0.25) is 0 Å². The van der Waals surface area contributed by atoms with E-state index in [4.69, 9.17) is 0 Å². The van der Waals surface area contributed by atoms with Crippen molar-refractivity contribution < 1.29 is 0 Å². The second-order valence-electron chi connectivity index (χ2n) is 5.64. The number of hydrogen-bond donors (Lipinski definition) is 2. The SMILES string of the molecule is Cc1nc(C)c(C(C)NC2CCCN(C)C2)c(=O)[nH]1. The molecule has 2 N–H and O–H groups in total. The van der Waals surface area contributed by atoms with Crippen LogP contribution in [0, 0.1) is 13.8 Å². The van der Waals surface area contributed by atoms with Gasteiger partial charge in [-0.2, -0.15) is 0 Å². The van der Waals surface area contributed by atoms with E-state index in [9.17, 15) is 4.79 Å². The third-order valence-electron chi connectivity index (χ3n) is 3.81. The number of nitrogens with one attached hydrogen (secondary N) is 2. The number of likely N-dealkylation sites (tertiary alicyclic amines) is 1. The Balaban J connectivity index is 2.11. The summed E-state index contributed by atoms with van der Waals surface area (Å²) in [4.78, 5) is 21.5. The molecule has 0 saturated carbocycles. The highest BCUT2D eigenvalue weighted by molar-refractivity contribution is 5.20. The predicted octanol–water partition coefficient (Wildman–Crippen LogP) is 1.13. The summed E-state index contributed by atoms with van der Waals surface area (Å²) < 4.78 is 0. The molecular formula is C14H24N4O. The van der Waals surface area contributed by atoms with Gasteiger partial charge in [-0.05, 0) is 47.2 Å². The maximum absolute atomic E-state index is 12.1. The minimum absolute atomic E-state index is 0.0193. The van der Waals surface area contributed by atoms with E-state index in [0.29, 0.717) is 11.9 Å². The molecule has 1 saturated heterocycles. The van der Waals surface area contributed by atoms with Crippen LogP contribution in [0.2, 0.25) is 0 Å². The summed E-state index contributed by atoms with van der Waals surface area (Å²) in [6, 6.07) is 0.488. The van der Waals surface area contributed by atoms with Gasteiger partial charge in [-0.25, -0.2) is 4.98 Å². The van der Waals surface area contributed by atoms with Gasteiger partial charge in [0.25, 0.3) is 5.56 Å². The Kier molecular flexibility index (Phi) is 4.37. The largest absolute Gasteiger partial charge is 0.310 e. The molecule has 2 rings (SSSR count). The van der Waals surface area contributed by atoms with Gasteiger partial charge < -0.3 is 15.2 Å². The van der Waals surface area contributed by atoms with E-state index < -0.39 is 0 Å². The van der Waals surface area contributed by atoms with Gasteiger partial charge in [0, 0.05) is 24.3 Å². The minimum atomic E-state index is -0.0193. The monoisotopic (exact) mass is 264 g/mol. The van der Waals surface area contributed by atoms with E-state index >= 15 is 0 Å². The van der Waals surface area contributed by atoms with Gasteiger partial charge in [-0.3, -0.25) is 4.79 Å². The molecule has 5 heteroatoms. The van der Waals surface area contributed by atoms with Crippen molar-refractivity contribution in [3.63, 3.8) is 0 Å². The molecule has 2 heterocycles. The molecule has 0 amide bonds. The van der Waals surface area contributed by atoms with E-state index in [0.717, 1.165) is 24.3 Å². The van der Waals surface area contributed by atoms with Crippen molar-refractivity contribution in [1.82, 2.24) is 20.2 Å². The van der Waals surface area contributed by atoms with Gasteiger partial charge in [-0.1, -0.05) is 0 Å². The van der Waals surface area contributed by atoms with Crippen LogP contribution in [0.5, 0.6) is 0 Å². The number of aromatic nitrogens is 2. The molecule has 1 fully saturated rings.